The van der Waals surface area contributed by atoms with Gasteiger partial charge in [0.1, 0.15) is 16.7 Å². The molecule has 1 unspecified atom stereocenters. The van der Waals surface area contributed by atoms with E-state index in [-0.39, 0.29) is 11.8 Å². The number of anilines is 1. The molecule has 7 nitrogen and oxygen atoms in total. The van der Waals surface area contributed by atoms with Gasteiger partial charge in [-0.25, -0.2) is 0 Å². The lowest BCUT2D eigenvalue weighted by atomic mass is 10.0. The number of hydrogen-bond acceptors (Lipinski definition) is 6. The van der Waals surface area contributed by atoms with Gasteiger partial charge in [-0.1, -0.05) is 80.2 Å². The summed E-state index contributed by atoms with van der Waals surface area (Å²) in [5.41, 5.74) is 4.53. The second kappa shape index (κ2) is 12.7. The largest absolute Gasteiger partial charge is 0.497 e. The number of nitrogens with one attached hydrogen (secondary N) is 1. The monoisotopic (exact) mass is 564 g/mol. The van der Waals surface area contributed by atoms with E-state index < -0.39 is 5.25 Å². The van der Waals surface area contributed by atoms with Crippen LogP contribution < -0.4 is 14.8 Å². The van der Waals surface area contributed by atoms with Crippen LogP contribution in [0.5, 0.6) is 11.5 Å². The molecule has 8 heteroatoms. The minimum Gasteiger partial charge on any atom is -0.497 e. The Morgan fingerprint density at radius 2 is 1.51 bits per heavy atom. The minimum absolute atomic E-state index is 0.174. The van der Waals surface area contributed by atoms with Gasteiger partial charge in [-0.05, 0) is 59.5 Å². The van der Waals surface area contributed by atoms with Crippen LogP contribution in [0, 0.1) is 0 Å². The number of benzene rings is 4. The Hall–Kier alpha value is -4.56. The van der Waals surface area contributed by atoms with Gasteiger partial charge in [0.25, 0.3) is 0 Å². The van der Waals surface area contributed by atoms with E-state index in [1.165, 1.54) is 11.8 Å². The van der Waals surface area contributed by atoms with Crippen LogP contribution >= 0.6 is 11.8 Å². The van der Waals surface area contributed by atoms with E-state index in [0.29, 0.717) is 22.4 Å². The molecule has 0 fully saturated rings. The summed E-state index contributed by atoms with van der Waals surface area (Å²) in [6.07, 6.45) is 0. The van der Waals surface area contributed by atoms with Gasteiger partial charge in [0, 0.05) is 17.3 Å². The van der Waals surface area contributed by atoms with Crippen LogP contribution in [0.1, 0.15) is 36.1 Å². The lowest BCUT2D eigenvalue weighted by Gasteiger charge is -2.20. The highest BCUT2D eigenvalue weighted by Gasteiger charge is 2.28. The van der Waals surface area contributed by atoms with Gasteiger partial charge >= 0.3 is 0 Å². The number of carbonyl (C=O) groups excluding carboxylic acids is 1. The smallest absolute Gasteiger partial charge is 0.242 e. The molecule has 1 N–H and O–H groups in total. The Labute approximate surface area is 244 Å². The van der Waals surface area contributed by atoms with E-state index in [1.807, 2.05) is 84.9 Å². The van der Waals surface area contributed by atoms with Gasteiger partial charge in [-0.3, -0.25) is 9.36 Å². The van der Waals surface area contributed by atoms with Crippen molar-refractivity contribution in [3.05, 3.63) is 114 Å². The van der Waals surface area contributed by atoms with Crippen LogP contribution in [-0.2, 0) is 4.79 Å². The van der Waals surface area contributed by atoms with Gasteiger partial charge in [0.05, 0.1) is 19.9 Å². The fraction of sp³-hybridized carbons (Fsp3) is 0.182. The number of para-hydroxylation sites is 1. The first kappa shape index (κ1) is 28.0. The summed E-state index contributed by atoms with van der Waals surface area (Å²) in [5.74, 6) is 2.20. The van der Waals surface area contributed by atoms with Crippen LogP contribution in [0.25, 0.3) is 17.1 Å². The molecule has 0 aliphatic rings. The van der Waals surface area contributed by atoms with Gasteiger partial charge in [0.2, 0.25) is 5.91 Å². The first-order valence-electron chi connectivity index (χ1n) is 13.3. The number of rotatable bonds is 10. The Morgan fingerprint density at radius 1 is 0.805 bits per heavy atom. The summed E-state index contributed by atoms with van der Waals surface area (Å²) in [6, 6.07) is 33.0. The van der Waals surface area contributed by atoms with Crippen LogP contribution in [0.2, 0.25) is 0 Å². The first-order valence-corrected chi connectivity index (χ1v) is 14.2. The molecule has 1 aromatic heterocycles. The highest BCUT2D eigenvalue weighted by molar-refractivity contribution is 8.00. The number of aromatic nitrogens is 3. The minimum atomic E-state index is -0.597. The van der Waals surface area contributed by atoms with Crippen molar-refractivity contribution < 1.29 is 14.3 Å². The summed E-state index contributed by atoms with van der Waals surface area (Å²) >= 11 is 1.37. The fourth-order valence-corrected chi connectivity index (χ4v) is 5.63. The lowest BCUT2D eigenvalue weighted by Crippen LogP contribution is -2.19. The summed E-state index contributed by atoms with van der Waals surface area (Å²) in [7, 11) is 3.25. The van der Waals surface area contributed by atoms with Crippen molar-refractivity contribution in [1.29, 1.82) is 0 Å². The molecule has 0 radical (unpaired) electrons. The molecular formula is C33H32N4O3S. The quantitative estimate of drug-likeness (QED) is 0.177. The van der Waals surface area contributed by atoms with Gasteiger partial charge in [-0.15, -0.1) is 10.2 Å². The third kappa shape index (κ3) is 6.28. The lowest BCUT2D eigenvalue weighted by molar-refractivity contribution is -0.115. The molecular weight excluding hydrogens is 532 g/mol. The summed E-state index contributed by atoms with van der Waals surface area (Å²) in [6.45, 7) is 4.33. The zero-order chi connectivity index (χ0) is 28.8. The van der Waals surface area contributed by atoms with Crippen molar-refractivity contribution in [2.75, 3.05) is 19.5 Å². The summed E-state index contributed by atoms with van der Waals surface area (Å²) in [4.78, 5) is 13.8. The van der Waals surface area contributed by atoms with Crippen LogP contribution in [0.4, 0.5) is 5.69 Å². The van der Waals surface area contributed by atoms with Crippen molar-refractivity contribution in [2.24, 2.45) is 0 Å². The molecule has 41 heavy (non-hydrogen) atoms. The first-order chi connectivity index (χ1) is 20.0. The van der Waals surface area contributed by atoms with Crippen molar-refractivity contribution in [2.45, 2.75) is 30.2 Å². The number of ether oxygens (including phenoxy) is 2. The number of nitrogens with zero attached hydrogens (tertiary/aromatic N) is 3. The Morgan fingerprint density at radius 3 is 2.22 bits per heavy atom. The van der Waals surface area contributed by atoms with Gasteiger partial charge in [-0.2, -0.15) is 0 Å². The van der Waals surface area contributed by atoms with Crippen molar-refractivity contribution in [1.82, 2.24) is 14.8 Å². The molecule has 0 saturated carbocycles. The molecule has 4 aromatic carbocycles. The molecule has 0 bridgehead atoms. The average molecular weight is 565 g/mol. The van der Waals surface area contributed by atoms with Crippen LogP contribution in [0.3, 0.4) is 0 Å². The van der Waals surface area contributed by atoms with E-state index in [2.05, 4.69) is 46.1 Å². The van der Waals surface area contributed by atoms with Gasteiger partial charge in [0.15, 0.2) is 11.0 Å². The molecule has 1 amide bonds. The third-order valence-corrected chi connectivity index (χ3v) is 7.88. The topological polar surface area (TPSA) is 78.3 Å². The van der Waals surface area contributed by atoms with E-state index >= 15 is 0 Å². The fourth-order valence-electron chi connectivity index (χ4n) is 4.58. The number of carbonyl (C=O) groups is 1. The molecule has 5 rings (SSSR count). The highest BCUT2D eigenvalue weighted by atomic mass is 32.2. The molecule has 0 aliphatic carbocycles. The van der Waals surface area contributed by atoms with E-state index in [1.54, 1.807) is 20.3 Å². The molecule has 5 aromatic rings. The zero-order valence-corrected chi connectivity index (χ0v) is 24.3. The second-order valence-electron chi connectivity index (χ2n) is 9.71. The van der Waals surface area contributed by atoms with E-state index in [9.17, 15) is 4.79 Å². The Kier molecular flexibility index (Phi) is 8.70. The molecule has 1 heterocycles. The van der Waals surface area contributed by atoms with Crippen LogP contribution in [0.15, 0.2) is 108 Å². The van der Waals surface area contributed by atoms with E-state index in [4.69, 9.17) is 9.47 Å². The maximum absolute atomic E-state index is 13.8. The standard InChI is InChI=1S/C33H32N4O3S/c1-22(2)28-15-8-9-16-29(28)37-31(24-17-19-26(39-3)20-18-24)35-36-33(37)41-30(23-11-6-5-7-12-23)32(38)34-25-13-10-14-27(21-25)40-4/h5-22,30H,1-4H3,(H,34,38). The maximum Gasteiger partial charge on any atom is 0.242 e. The normalized spacial score (nSPS) is 11.7. The predicted molar refractivity (Wildman–Crippen MR) is 164 cm³/mol. The highest BCUT2D eigenvalue weighted by Crippen LogP contribution is 2.39. The number of thioether (sulfide) groups is 1. The average Bonchev–Trinajstić information content (AvgIpc) is 3.43. The molecule has 0 saturated heterocycles. The summed E-state index contributed by atoms with van der Waals surface area (Å²) < 4.78 is 12.8. The molecule has 0 spiro atoms. The summed E-state index contributed by atoms with van der Waals surface area (Å²) in [5, 5.41) is 12.4. The predicted octanol–water partition coefficient (Wildman–Crippen LogP) is 7.55. The molecule has 1 atom stereocenters. The van der Waals surface area contributed by atoms with Crippen LogP contribution in [-0.4, -0.2) is 34.9 Å². The Balaban J connectivity index is 1.60. The van der Waals surface area contributed by atoms with Crippen molar-refractivity contribution >= 4 is 23.4 Å². The van der Waals surface area contributed by atoms with E-state index in [0.717, 1.165) is 28.1 Å². The Bertz CT molecular complexity index is 1620. The SMILES string of the molecule is COc1ccc(-c2nnc(SC(C(=O)Nc3cccc(OC)c3)c3ccccc3)n2-c2ccccc2C(C)C)cc1. The second-order valence-corrected chi connectivity index (χ2v) is 10.8. The number of methoxy groups -OCH3 is 2. The van der Waals surface area contributed by atoms with Crippen molar-refractivity contribution in [3.8, 4) is 28.6 Å². The molecule has 208 valence electrons. The molecule has 0 aliphatic heterocycles. The number of hydrogen-bond donors (Lipinski definition) is 1. The maximum atomic E-state index is 13.8. The van der Waals surface area contributed by atoms with Gasteiger partial charge < -0.3 is 14.8 Å². The zero-order valence-electron chi connectivity index (χ0n) is 23.4. The third-order valence-electron chi connectivity index (χ3n) is 6.68. The number of amides is 1. The van der Waals surface area contributed by atoms with Crippen molar-refractivity contribution in [3.63, 3.8) is 0 Å².